The summed E-state index contributed by atoms with van der Waals surface area (Å²) in [5.74, 6) is 1.23. The molecule has 0 fully saturated rings. The molecule has 0 aliphatic heterocycles. The Bertz CT molecular complexity index is 1500. The van der Waals surface area contributed by atoms with Crippen LogP contribution in [0.3, 0.4) is 0 Å². The summed E-state index contributed by atoms with van der Waals surface area (Å²) in [5.41, 5.74) is 8.01. The Balaban J connectivity index is 1.36. The van der Waals surface area contributed by atoms with Crippen LogP contribution in [0.5, 0.6) is 0 Å². The highest BCUT2D eigenvalue weighted by molar-refractivity contribution is 5.79. The topological polar surface area (TPSA) is 52.1 Å². The molecule has 4 nitrogen and oxygen atoms in total. The molecule has 4 heteroatoms. The standard InChI is InChI=1S/C30H30N2O2/c1-29(2,3)21-12-14-25-23(17-21)31-27(33-25)16-9-19-7-10-20(11-8-19)28-32-24-18-22(30(4,5)6)13-15-26(24)34-28/h7-18H,1-6H3. The molecule has 0 aliphatic rings. The van der Waals surface area contributed by atoms with Crippen molar-refractivity contribution < 1.29 is 8.83 Å². The zero-order valence-corrected chi connectivity index (χ0v) is 20.6. The normalized spacial score (nSPS) is 12.9. The first-order chi connectivity index (χ1) is 16.1. The molecule has 2 aromatic heterocycles. The van der Waals surface area contributed by atoms with Crippen LogP contribution >= 0.6 is 0 Å². The van der Waals surface area contributed by atoms with Crippen molar-refractivity contribution in [1.29, 1.82) is 0 Å². The second-order valence-electron chi connectivity index (χ2n) is 10.9. The predicted molar refractivity (Wildman–Crippen MR) is 140 cm³/mol. The van der Waals surface area contributed by atoms with Crippen molar-refractivity contribution in [3.05, 3.63) is 83.2 Å². The van der Waals surface area contributed by atoms with E-state index in [-0.39, 0.29) is 10.8 Å². The van der Waals surface area contributed by atoms with Gasteiger partial charge in [0.15, 0.2) is 11.2 Å². The van der Waals surface area contributed by atoms with E-state index >= 15 is 0 Å². The van der Waals surface area contributed by atoms with E-state index in [1.54, 1.807) is 0 Å². The van der Waals surface area contributed by atoms with E-state index in [1.165, 1.54) is 11.1 Å². The first kappa shape index (κ1) is 22.1. The maximum absolute atomic E-state index is 6.00. The zero-order valence-electron chi connectivity index (χ0n) is 20.6. The summed E-state index contributed by atoms with van der Waals surface area (Å²) < 4.78 is 11.9. The van der Waals surface area contributed by atoms with Gasteiger partial charge in [-0.05, 0) is 70.0 Å². The Morgan fingerprint density at radius 1 is 0.618 bits per heavy atom. The zero-order chi connectivity index (χ0) is 24.1. The third-order valence-electron chi connectivity index (χ3n) is 6.10. The summed E-state index contributed by atoms with van der Waals surface area (Å²) in [6.45, 7) is 13.2. The molecule has 0 bridgehead atoms. The molecule has 0 atom stereocenters. The minimum absolute atomic E-state index is 0.0743. The summed E-state index contributed by atoms with van der Waals surface area (Å²) in [5, 5.41) is 0. The van der Waals surface area contributed by atoms with Crippen LogP contribution in [0.15, 0.2) is 69.5 Å². The molecule has 5 rings (SSSR count). The van der Waals surface area contributed by atoms with Gasteiger partial charge in [-0.3, -0.25) is 0 Å². The van der Waals surface area contributed by atoms with Crippen molar-refractivity contribution in [1.82, 2.24) is 9.97 Å². The summed E-state index contributed by atoms with van der Waals surface area (Å²) in [7, 11) is 0. The van der Waals surface area contributed by atoms with Crippen LogP contribution in [0.4, 0.5) is 0 Å². The van der Waals surface area contributed by atoms with Gasteiger partial charge in [-0.2, -0.15) is 0 Å². The number of hydrogen-bond donors (Lipinski definition) is 0. The van der Waals surface area contributed by atoms with Gasteiger partial charge in [-0.15, -0.1) is 0 Å². The number of fused-ring (bicyclic) bond motifs is 2. The number of benzene rings is 3. The molecule has 0 aliphatic carbocycles. The van der Waals surface area contributed by atoms with Gasteiger partial charge in [0, 0.05) is 11.6 Å². The van der Waals surface area contributed by atoms with E-state index < -0.39 is 0 Å². The Morgan fingerprint density at radius 3 is 1.76 bits per heavy atom. The van der Waals surface area contributed by atoms with Gasteiger partial charge in [0.05, 0.1) is 0 Å². The quantitative estimate of drug-likeness (QED) is 0.277. The van der Waals surface area contributed by atoms with Crippen LogP contribution < -0.4 is 0 Å². The molecule has 3 aromatic carbocycles. The van der Waals surface area contributed by atoms with Gasteiger partial charge in [0.2, 0.25) is 11.8 Å². The smallest absolute Gasteiger partial charge is 0.227 e. The fraction of sp³-hybridized carbons (Fsp3) is 0.267. The summed E-state index contributed by atoms with van der Waals surface area (Å²) >= 11 is 0. The monoisotopic (exact) mass is 450 g/mol. The molecule has 172 valence electrons. The summed E-state index contributed by atoms with van der Waals surface area (Å²) in [6.07, 6.45) is 3.90. The van der Waals surface area contributed by atoms with Crippen molar-refractivity contribution in [2.24, 2.45) is 0 Å². The maximum Gasteiger partial charge on any atom is 0.227 e. The van der Waals surface area contributed by atoms with Crippen LogP contribution in [-0.4, -0.2) is 9.97 Å². The molecule has 0 amide bonds. The van der Waals surface area contributed by atoms with E-state index in [1.807, 2.05) is 48.6 Å². The van der Waals surface area contributed by atoms with Gasteiger partial charge < -0.3 is 8.83 Å². The Labute approximate surface area is 200 Å². The van der Waals surface area contributed by atoms with E-state index in [0.29, 0.717) is 11.8 Å². The van der Waals surface area contributed by atoms with Crippen LogP contribution in [-0.2, 0) is 10.8 Å². The lowest BCUT2D eigenvalue weighted by Gasteiger charge is -2.18. The molecule has 0 unspecified atom stereocenters. The molecule has 0 radical (unpaired) electrons. The van der Waals surface area contributed by atoms with Crippen LogP contribution in [0.2, 0.25) is 0 Å². The van der Waals surface area contributed by atoms with E-state index in [0.717, 1.165) is 33.3 Å². The molecule has 0 saturated heterocycles. The highest BCUT2D eigenvalue weighted by Gasteiger charge is 2.17. The average Bonchev–Trinajstić information content (AvgIpc) is 3.39. The number of oxazole rings is 2. The second-order valence-corrected chi connectivity index (χ2v) is 10.9. The van der Waals surface area contributed by atoms with Crippen molar-refractivity contribution in [3.63, 3.8) is 0 Å². The third-order valence-corrected chi connectivity index (χ3v) is 6.10. The van der Waals surface area contributed by atoms with Gasteiger partial charge in [0.25, 0.3) is 0 Å². The number of rotatable bonds is 3. The van der Waals surface area contributed by atoms with E-state index in [2.05, 4.69) is 70.8 Å². The lowest BCUT2D eigenvalue weighted by Crippen LogP contribution is -2.10. The van der Waals surface area contributed by atoms with Crippen molar-refractivity contribution in [3.8, 4) is 11.5 Å². The van der Waals surface area contributed by atoms with Gasteiger partial charge >= 0.3 is 0 Å². The Morgan fingerprint density at radius 2 is 1.18 bits per heavy atom. The first-order valence-electron chi connectivity index (χ1n) is 11.7. The van der Waals surface area contributed by atoms with Crippen LogP contribution in [0.1, 0.15) is 64.1 Å². The van der Waals surface area contributed by atoms with Gasteiger partial charge in [-0.1, -0.05) is 65.8 Å². The number of hydrogen-bond acceptors (Lipinski definition) is 4. The highest BCUT2D eigenvalue weighted by Crippen LogP contribution is 2.30. The second kappa shape index (κ2) is 7.98. The minimum atomic E-state index is 0.0743. The molecule has 0 saturated carbocycles. The van der Waals surface area contributed by atoms with Crippen LogP contribution in [0.25, 0.3) is 45.8 Å². The molecule has 0 spiro atoms. The van der Waals surface area contributed by atoms with Crippen LogP contribution in [0, 0.1) is 0 Å². The summed E-state index contributed by atoms with van der Waals surface area (Å²) in [6, 6.07) is 20.6. The number of nitrogens with zero attached hydrogens (tertiary/aromatic N) is 2. The van der Waals surface area contributed by atoms with E-state index in [4.69, 9.17) is 13.8 Å². The summed E-state index contributed by atoms with van der Waals surface area (Å²) in [4.78, 5) is 9.36. The molecular formula is C30H30N2O2. The fourth-order valence-corrected chi connectivity index (χ4v) is 3.90. The lowest BCUT2D eigenvalue weighted by atomic mass is 9.87. The Kier molecular flexibility index (Phi) is 5.20. The molecule has 2 heterocycles. The van der Waals surface area contributed by atoms with Gasteiger partial charge in [-0.25, -0.2) is 9.97 Å². The number of aromatic nitrogens is 2. The largest absolute Gasteiger partial charge is 0.437 e. The van der Waals surface area contributed by atoms with Crippen molar-refractivity contribution >= 4 is 34.4 Å². The molecule has 34 heavy (non-hydrogen) atoms. The third kappa shape index (κ3) is 4.41. The fourth-order valence-electron chi connectivity index (χ4n) is 3.90. The predicted octanol–water partition coefficient (Wildman–Crippen LogP) is 8.40. The average molecular weight is 451 g/mol. The minimum Gasteiger partial charge on any atom is -0.437 e. The lowest BCUT2D eigenvalue weighted by molar-refractivity contribution is 0.585. The van der Waals surface area contributed by atoms with Crippen molar-refractivity contribution in [2.45, 2.75) is 52.4 Å². The van der Waals surface area contributed by atoms with E-state index in [9.17, 15) is 0 Å². The highest BCUT2D eigenvalue weighted by atomic mass is 16.4. The molecule has 5 aromatic rings. The molecule has 0 N–H and O–H groups in total. The van der Waals surface area contributed by atoms with Gasteiger partial charge in [0.1, 0.15) is 11.0 Å². The SMILES string of the molecule is CC(C)(C)c1ccc2oc(C=Cc3ccc(-c4nc5cc(C(C)(C)C)ccc5o4)cc3)nc2c1. The van der Waals surface area contributed by atoms with Crippen molar-refractivity contribution in [2.75, 3.05) is 0 Å². The Hall–Kier alpha value is -3.66. The molecular weight excluding hydrogens is 420 g/mol. The maximum atomic E-state index is 6.00. The first-order valence-corrected chi connectivity index (χ1v) is 11.7.